The molecule has 0 saturated heterocycles. The minimum atomic E-state index is 0.325. The molecule has 2 aromatic heterocycles. The molecule has 0 aliphatic heterocycles. The normalized spacial score (nSPS) is 12.4. The van der Waals surface area contributed by atoms with Gasteiger partial charge in [0.05, 0.1) is 6.04 Å². The zero-order chi connectivity index (χ0) is 12.1. The number of nitrogens with one attached hydrogen (secondary N) is 1. The fourth-order valence-corrected chi connectivity index (χ4v) is 2.71. The van der Waals surface area contributed by atoms with Gasteiger partial charge in [-0.05, 0) is 30.0 Å². The molecular weight excluding hydrogens is 252 g/mol. The maximum atomic E-state index is 5.88. The second-order valence-electron chi connectivity index (χ2n) is 3.85. The molecule has 0 fully saturated rings. The molecule has 2 aromatic rings. The summed E-state index contributed by atoms with van der Waals surface area (Å²) in [7, 11) is 0. The van der Waals surface area contributed by atoms with Crippen molar-refractivity contribution in [2.24, 2.45) is 0 Å². The second-order valence-corrected chi connectivity index (χ2v) is 5.21. The molecule has 0 aliphatic carbocycles. The molecular formula is C13H15ClN2S. The van der Waals surface area contributed by atoms with E-state index >= 15 is 0 Å². The van der Waals surface area contributed by atoms with Crippen LogP contribution in [0.25, 0.3) is 0 Å². The van der Waals surface area contributed by atoms with E-state index in [1.807, 2.05) is 12.1 Å². The Balaban J connectivity index is 2.13. The first kappa shape index (κ1) is 12.4. The van der Waals surface area contributed by atoms with E-state index in [1.54, 1.807) is 17.4 Å². The molecule has 0 saturated carbocycles. The van der Waals surface area contributed by atoms with Crippen LogP contribution in [-0.2, 0) is 0 Å². The van der Waals surface area contributed by atoms with Gasteiger partial charge in [0.2, 0.25) is 0 Å². The summed E-state index contributed by atoms with van der Waals surface area (Å²) < 4.78 is 0. The predicted octanol–water partition coefficient (Wildman–Crippen LogP) is 4.75. The van der Waals surface area contributed by atoms with Crippen LogP contribution in [0.15, 0.2) is 35.7 Å². The van der Waals surface area contributed by atoms with Crippen LogP contribution in [0, 0.1) is 0 Å². The fraction of sp³-hybridized carbons (Fsp3) is 0.308. The van der Waals surface area contributed by atoms with E-state index in [0.717, 1.165) is 18.7 Å². The minimum absolute atomic E-state index is 0.325. The molecule has 2 nitrogen and oxygen atoms in total. The number of anilines is 1. The highest BCUT2D eigenvalue weighted by Gasteiger charge is 2.11. The van der Waals surface area contributed by atoms with Crippen molar-refractivity contribution < 1.29 is 0 Å². The Kier molecular flexibility index (Phi) is 4.40. The van der Waals surface area contributed by atoms with Crippen LogP contribution in [0.4, 0.5) is 5.82 Å². The van der Waals surface area contributed by atoms with Gasteiger partial charge in [0.25, 0.3) is 0 Å². The van der Waals surface area contributed by atoms with Crippen molar-refractivity contribution in [1.82, 2.24) is 4.98 Å². The highest BCUT2D eigenvalue weighted by Crippen LogP contribution is 2.27. The van der Waals surface area contributed by atoms with E-state index in [-0.39, 0.29) is 0 Å². The Labute approximate surface area is 111 Å². The molecule has 0 aliphatic rings. The molecule has 2 heterocycles. The maximum absolute atomic E-state index is 5.88. The molecule has 0 aromatic carbocycles. The molecule has 1 atom stereocenters. The SMILES string of the molecule is CCCC(Nc1cccc(Cl)n1)c1cccs1. The summed E-state index contributed by atoms with van der Waals surface area (Å²) in [4.78, 5) is 5.61. The van der Waals surface area contributed by atoms with E-state index < -0.39 is 0 Å². The largest absolute Gasteiger partial charge is 0.362 e. The van der Waals surface area contributed by atoms with Gasteiger partial charge in [0.15, 0.2) is 0 Å². The number of pyridine rings is 1. The lowest BCUT2D eigenvalue weighted by molar-refractivity contribution is 0.685. The van der Waals surface area contributed by atoms with E-state index in [9.17, 15) is 0 Å². The summed E-state index contributed by atoms with van der Waals surface area (Å²) in [6.07, 6.45) is 2.23. The second kappa shape index (κ2) is 6.03. The first-order chi connectivity index (χ1) is 8.29. The number of aromatic nitrogens is 1. The van der Waals surface area contributed by atoms with Gasteiger partial charge in [-0.1, -0.05) is 37.1 Å². The molecule has 17 heavy (non-hydrogen) atoms. The Hall–Kier alpha value is -1.06. The smallest absolute Gasteiger partial charge is 0.131 e. The molecule has 0 spiro atoms. The van der Waals surface area contributed by atoms with Crippen molar-refractivity contribution in [1.29, 1.82) is 0 Å². The Morgan fingerprint density at radius 2 is 2.24 bits per heavy atom. The molecule has 1 N–H and O–H groups in total. The lowest BCUT2D eigenvalue weighted by Crippen LogP contribution is -2.10. The number of thiophene rings is 1. The van der Waals surface area contributed by atoms with Crippen molar-refractivity contribution in [2.45, 2.75) is 25.8 Å². The van der Waals surface area contributed by atoms with Crippen molar-refractivity contribution in [3.05, 3.63) is 45.7 Å². The predicted molar refractivity (Wildman–Crippen MR) is 74.8 cm³/mol. The fourth-order valence-electron chi connectivity index (χ4n) is 1.73. The first-order valence-electron chi connectivity index (χ1n) is 5.72. The van der Waals surface area contributed by atoms with Crippen LogP contribution in [0.3, 0.4) is 0 Å². The number of hydrogen-bond donors (Lipinski definition) is 1. The van der Waals surface area contributed by atoms with E-state index in [1.165, 1.54) is 4.88 Å². The van der Waals surface area contributed by atoms with Crippen LogP contribution >= 0.6 is 22.9 Å². The standard InChI is InChI=1S/C13H15ClN2S/c1-2-5-10(11-6-4-9-17-11)15-13-8-3-7-12(14)16-13/h3-4,6-10H,2,5H2,1H3,(H,15,16). The van der Waals surface area contributed by atoms with Gasteiger partial charge in [0.1, 0.15) is 11.0 Å². The number of hydrogen-bond acceptors (Lipinski definition) is 3. The third-order valence-corrected chi connectivity index (χ3v) is 3.70. The molecule has 0 amide bonds. The summed E-state index contributed by atoms with van der Waals surface area (Å²) in [6.45, 7) is 2.19. The minimum Gasteiger partial charge on any atom is -0.362 e. The molecule has 2 rings (SSSR count). The molecule has 0 radical (unpaired) electrons. The van der Waals surface area contributed by atoms with Crippen LogP contribution in [0.2, 0.25) is 5.15 Å². The summed E-state index contributed by atoms with van der Waals surface area (Å²) in [5.74, 6) is 0.837. The molecule has 4 heteroatoms. The van der Waals surface area contributed by atoms with Gasteiger partial charge in [-0.2, -0.15) is 0 Å². The highest BCUT2D eigenvalue weighted by atomic mass is 35.5. The number of rotatable bonds is 5. The third-order valence-electron chi connectivity index (χ3n) is 2.50. The molecule has 0 bridgehead atoms. The van der Waals surface area contributed by atoms with E-state index in [0.29, 0.717) is 11.2 Å². The van der Waals surface area contributed by atoms with Crippen molar-refractivity contribution in [3.63, 3.8) is 0 Å². The van der Waals surface area contributed by atoms with Crippen LogP contribution in [-0.4, -0.2) is 4.98 Å². The van der Waals surface area contributed by atoms with Gasteiger partial charge >= 0.3 is 0 Å². The number of halogens is 1. The lowest BCUT2D eigenvalue weighted by Gasteiger charge is -2.17. The number of nitrogens with zero attached hydrogens (tertiary/aromatic N) is 1. The summed E-state index contributed by atoms with van der Waals surface area (Å²) in [5.41, 5.74) is 0. The first-order valence-corrected chi connectivity index (χ1v) is 6.98. The quantitative estimate of drug-likeness (QED) is 0.790. The van der Waals surface area contributed by atoms with Crippen LogP contribution in [0.5, 0.6) is 0 Å². The van der Waals surface area contributed by atoms with Crippen LogP contribution in [0.1, 0.15) is 30.7 Å². The third kappa shape index (κ3) is 3.45. The maximum Gasteiger partial charge on any atom is 0.131 e. The summed E-state index contributed by atoms with van der Waals surface area (Å²) in [6, 6.07) is 10.2. The van der Waals surface area contributed by atoms with Gasteiger partial charge in [0, 0.05) is 4.88 Å². The van der Waals surface area contributed by atoms with Crippen molar-refractivity contribution in [3.8, 4) is 0 Å². The molecule has 1 unspecified atom stereocenters. The Morgan fingerprint density at radius 3 is 2.88 bits per heavy atom. The lowest BCUT2D eigenvalue weighted by atomic mass is 10.1. The topological polar surface area (TPSA) is 24.9 Å². The van der Waals surface area contributed by atoms with Crippen LogP contribution < -0.4 is 5.32 Å². The van der Waals surface area contributed by atoms with Crippen molar-refractivity contribution >= 4 is 28.8 Å². The Bertz CT molecular complexity index is 456. The van der Waals surface area contributed by atoms with Gasteiger partial charge < -0.3 is 5.32 Å². The zero-order valence-corrected chi connectivity index (χ0v) is 11.3. The monoisotopic (exact) mass is 266 g/mol. The zero-order valence-electron chi connectivity index (χ0n) is 9.69. The van der Waals surface area contributed by atoms with Crippen molar-refractivity contribution in [2.75, 3.05) is 5.32 Å². The van der Waals surface area contributed by atoms with E-state index in [4.69, 9.17) is 11.6 Å². The Morgan fingerprint density at radius 1 is 1.35 bits per heavy atom. The summed E-state index contributed by atoms with van der Waals surface area (Å²) in [5, 5.41) is 6.06. The average molecular weight is 267 g/mol. The van der Waals surface area contributed by atoms with E-state index in [2.05, 4.69) is 34.7 Å². The molecule has 90 valence electrons. The van der Waals surface area contributed by atoms with Gasteiger partial charge in [-0.3, -0.25) is 0 Å². The average Bonchev–Trinajstić information content (AvgIpc) is 2.82. The van der Waals surface area contributed by atoms with Gasteiger partial charge in [-0.15, -0.1) is 11.3 Å². The highest BCUT2D eigenvalue weighted by molar-refractivity contribution is 7.10. The summed E-state index contributed by atoms with van der Waals surface area (Å²) >= 11 is 7.65. The van der Waals surface area contributed by atoms with Gasteiger partial charge in [-0.25, -0.2) is 4.98 Å².